The third-order valence-corrected chi connectivity index (χ3v) is 6.14. The Kier molecular flexibility index (Phi) is 6.15. The maximum absolute atomic E-state index is 14.3. The minimum absolute atomic E-state index is 0.157. The summed E-state index contributed by atoms with van der Waals surface area (Å²) in [6.45, 7) is 0. The first-order valence-corrected chi connectivity index (χ1v) is 11.4. The van der Waals surface area contributed by atoms with Crippen molar-refractivity contribution in [3.8, 4) is 11.3 Å². The standard InChI is InChI=1S/C25H19Cl2FN6O/c26-15-7-9-18(28)17(12-15)25(35)30-20(10-13-4-2-1-3-5-13)24-31-21(22(27)32-24)14-6-8-16-19(11-14)33-34-23(16)29/h1-9,11-12,20H,10H2,(H,30,35)(H,31,32)(H3,29,33,34)/t20-/m0/s1. The molecule has 1 amide bonds. The molecule has 0 saturated carbocycles. The average molecular weight is 509 g/mol. The van der Waals surface area contributed by atoms with Crippen molar-refractivity contribution in [3.63, 3.8) is 0 Å². The molecule has 7 nitrogen and oxygen atoms in total. The monoisotopic (exact) mass is 508 g/mol. The Bertz CT molecular complexity index is 1530. The van der Waals surface area contributed by atoms with Crippen LogP contribution in [0.4, 0.5) is 10.2 Å². The number of carbonyl (C=O) groups is 1. The smallest absolute Gasteiger partial charge is 0.254 e. The van der Waals surface area contributed by atoms with E-state index in [9.17, 15) is 9.18 Å². The Hall–Kier alpha value is -3.88. The van der Waals surface area contributed by atoms with E-state index in [2.05, 4.69) is 25.5 Å². The Morgan fingerprint density at radius 2 is 1.89 bits per heavy atom. The normalized spacial score (nSPS) is 12.1. The van der Waals surface area contributed by atoms with Gasteiger partial charge in [-0.25, -0.2) is 9.37 Å². The summed E-state index contributed by atoms with van der Waals surface area (Å²) in [6, 6.07) is 18.3. The van der Waals surface area contributed by atoms with Gasteiger partial charge in [0.25, 0.3) is 5.91 Å². The molecule has 2 heterocycles. The molecule has 0 aliphatic rings. The number of amides is 1. The van der Waals surface area contributed by atoms with E-state index in [4.69, 9.17) is 28.9 Å². The second-order valence-corrected chi connectivity index (χ2v) is 8.81. The predicted molar refractivity (Wildman–Crippen MR) is 135 cm³/mol. The third-order valence-electron chi connectivity index (χ3n) is 5.63. The lowest BCUT2D eigenvalue weighted by atomic mass is 10.0. The molecule has 35 heavy (non-hydrogen) atoms. The second-order valence-electron chi connectivity index (χ2n) is 7.99. The van der Waals surface area contributed by atoms with Crippen molar-refractivity contribution in [2.75, 3.05) is 5.73 Å². The van der Waals surface area contributed by atoms with Gasteiger partial charge in [-0.15, -0.1) is 0 Å². The highest BCUT2D eigenvalue weighted by Gasteiger charge is 2.24. The van der Waals surface area contributed by atoms with Crippen molar-refractivity contribution in [2.24, 2.45) is 0 Å². The molecule has 0 bridgehead atoms. The van der Waals surface area contributed by atoms with Crippen LogP contribution in [0.3, 0.4) is 0 Å². The summed E-state index contributed by atoms with van der Waals surface area (Å²) in [5.41, 5.74) is 8.63. The average Bonchev–Trinajstić information content (AvgIpc) is 3.43. The van der Waals surface area contributed by atoms with Gasteiger partial charge in [-0.3, -0.25) is 9.89 Å². The summed E-state index contributed by atoms with van der Waals surface area (Å²) in [4.78, 5) is 20.8. The Morgan fingerprint density at radius 1 is 1.09 bits per heavy atom. The summed E-state index contributed by atoms with van der Waals surface area (Å²) in [5.74, 6) is -0.460. The van der Waals surface area contributed by atoms with Crippen LogP contribution < -0.4 is 11.1 Å². The van der Waals surface area contributed by atoms with Crippen LogP contribution in [0.5, 0.6) is 0 Å². The van der Waals surface area contributed by atoms with Gasteiger partial charge in [0.15, 0.2) is 5.82 Å². The summed E-state index contributed by atoms with van der Waals surface area (Å²) in [5, 5.41) is 11.1. The number of carbonyl (C=O) groups excluding carboxylic acids is 1. The van der Waals surface area contributed by atoms with Crippen molar-refractivity contribution >= 4 is 45.8 Å². The summed E-state index contributed by atoms with van der Waals surface area (Å²) < 4.78 is 14.3. The third kappa shape index (κ3) is 4.71. The molecule has 1 atom stereocenters. The number of nitrogens with one attached hydrogen (secondary N) is 3. The predicted octanol–water partition coefficient (Wildman–Crippen LogP) is 5.69. The fraction of sp³-hybridized carbons (Fsp3) is 0.0800. The zero-order chi connectivity index (χ0) is 24.5. The molecule has 2 aromatic heterocycles. The summed E-state index contributed by atoms with van der Waals surface area (Å²) in [7, 11) is 0. The van der Waals surface area contributed by atoms with Gasteiger partial charge in [0.2, 0.25) is 0 Å². The lowest BCUT2D eigenvalue weighted by Gasteiger charge is -2.17. The van der Waals surface area contributed by atoms with E-state index in [1.54, 1.807) is 0 Å². The zero-order valence-corrected chi connectivity index (χ0v) is 19.7. The van der Waals surface area contributed by atoms with E-state index in [-0.39, 0.29) is 10.6 Å². The van der Waals surface area contributed by atoms with Crippen LogP contribution in [-0.2, 0) is 6.42 Å². The molecule has 0 aliphatic carbocycles. The van der Waals surface area contributed by atoms with Crippen molar-refractivity contribution < 1.29 is 9.18 Å². The molecule has 10 heteroatoms. The maximum Gasteiger partial charge on any atom is 0.254 e. The van der Waals surface area contributed by atoms with Crippen LogP contribution in [0.25, 0.3) is 22.2 Å². The van der Waals surface area contributed by atoms with E-state index in [1.165, 1.54) is 12.1 Å². The van der Waals surface area contributed by atoms with E-state index in [0.717, 1.165) is 28.1 Å². The van der Waals surface area contributed by atoms with Crippen LogP contribution in [0.15, 0.2) is 66.7 Å². The number of fused-ring (bicyclic) bond motifs is 1. The molecular weight excluding hydrogens is 490 g/mol. The highest BCUT2D eigenvalue weighted by atomic mass is 35.5. The molecule has 0 aliphatic heterocycles. The number of rotatable bonds is 6. The molecule has 0 unspecified atom stereocenters. The molecule has 5 rings (SSSR count). The van der Waals surface area contributed by atoms with Gasteiger partial charge in [-0.1, -0.05) is 59.6 Å². The maximum atomic E-state index is 14.3. The second kappa shape index (κ2) is 9.40. The molecule has 176 valence electrons. The van der Waals surface area contributed by atoms with Gasteiger partial charge in [-0.2, -0.15) is 5.10 Å². The number of hydrogen-bond donors (Lipinski definition) is 4. The highest BCUT2D eigenvalue weighted by Crippen LogP contribution is 2.31. The van der Waals surface area contributed by atoms with Crippen LogP contribution in [0, 0.1) is 5.82 Å². The zero-order valence-electron chi connectivity index (χ0n) is 18.1. The first-order chi connectivity index (χ1) is 16.9. The number of benzene rings is 3. The van der Waals surface area contributed by atoms with Crippen LogP contribution in [0.2, 0.25) is 10.2 Å². The number of aromatic amines is 2. The molecule has 0 radical (unpaired) electrons. The number of imidazole rings is 1. The van der Waals surface area contributed by atoms with Crippen molar-refractivity contribution in [3.05, 3.63) is 99.7 Å². The number of nitrogens with zero attached hydrogens (tertiary/aromatic N) is 2. The van der Waals surface area contributed by atoms with Gasteiger partial charge in [-0.05, 0) is 42.3 Å². The van der Waals surface area contributed by atoms with E-state index >= 15 is 0 Å². The molecule has 3 aromatic carbocycles. The lowest BCUT2D eigenvalue weighted by Crippen LogP contribution is -2.31. The van der Waals surface area contributed by atoms with E-state index in [1.807, 2.05) is 48.5 Å². The number of nitrogens with two attached hydrogens (primary N) is 1. The molecule has 5 aromatic rings. The van der Waals surface area contributed by atoms with Gasteiger partial charge in [0, 0.05) is 16.0 Å². The largest absolute Gasteiger partial charge is 0.382 e. The fourth-order valence-corrected chi connectivity index (χ4v) is 4.31. The molecule has 0 fully saturated rings. The first kappa shape index (κ1) is 22.9. The number of H-pyrrole nitrogens is 2. The molecule has 0 saturated heterocycles. The number of halogens is 3. The van der Waals surface area contributed by atoms with Crippen LogP contribution in [0.1, 0.15) is 27.8 Å². The van der Waals surface area contributed by atoms with E-state index < -0.39 is 17.8 Å². The Labute approximate surface area is 209 Å². The topological polar surface area (TPSA) is 112 Å². The van der Waals surface area contributed by atoms with E-state index in [0.29, 0.717) is 28.9 Å². The number of nitrogen functional groups attached to an aromatic ring is 1. The summed E-state index contributed by atoms with van der Waals surface area (Å²) in [6.07, 6.45) is 0.397. The molecular formula is C25H19Cl2FN6O. The van der Waals surface area contributed by atoms with Crippen molar-refractivity contribution in [2.45, 2.75) is 12.5 Å². The minimum atomic E-state index is -0.671. The highest BCUT2D eigenvalue weighted by molar-refractivity contribution is 6.32. The quantitative estimate of drug-likeness (QED) is 0.235. The number of anilines is 1. The lowest BCUT2D eigenvalue weighted by molar-refractivity contribution is 0.0930. The van der Waals surface area contributed by atoms with Crippen LogP contribution >= 0.6 is 23.2 Å². The first-order valence-electron chi connectivity index (χ1n) is 10.7. The Balaban J connectivity index is 1.50. The SMILES string of the molecule is Nc1n[nH]c2cc(-c3nc([C@H](Cc4ccccc4)NC(=O)c4cc(Cl)ccc4F)[nH]c3Cl)ccc12. The Morgan fingerprint density at radius 3 is 2.69 bits per heavy atom. The molecule has 5 N–H and O–H groups in total. The van der Waals surface area contributed by atoms with Crippen LogP contribution in [-0.4, -0.2) is 26.1 Å². The summed E-state index contributed by atoms with van der Waals surface area (Å²) >= 11 is 12.5. The minimum Gasteiger partial charge on any atom is -0.382 e. The van der Waals surface area contributed by atoms with Crippen molar-refractivity contribution in [1.82, 2.24) is 25.5 Å². The van der Waals surface area contributed by atoms with Crippen molar-refractivity contribution in [1.29, 1.82) is 0 Å². The molecule has 0 spiro atoms. The van der Waals surface area contributed by atoms with Gasteiger partial charge in [0.05, 0.1) is 17.1 Å². The van der Waals surface area contributed by atoms with Gasteiger partial charge >= 0.3 is 0 Å². The number of aromatic nitrogens is 4. The van der Waals surface area contributed by atoms with Gasteiger partial charge < -0.3 is 16.0 Å². The fourth-order valence-electron chi connectivity index (χ4n) is 3.89. The van der Waals surface area contributed by atoms with Gasteiger partial charge in [0.1, 0.15) is 22.5 Å². The number of hydrogen-bond acceptors (Lipinski definition) is 4.